The van der Waals surface area contributed by atoms with E-state index in [1.807, 2.05) is 127 Å². The summed E-state index contributed by atoms with van der Waals surface area (Å²) >= 11 is 0. The van der Waals surface area contributed by atoms with Crippen LogP contribution < -0.4 is 0 Å². The predicted octanol–water partition coefficient (Wildman–Crippen LogP) is 8.44. The molecule has 0 heterocycles. The van der Waals surface area contributed by atoms with Crippen molar-refractivity contribution in [3.05, 3.63) is 190 Å². The first-order chi connectivity index (χ1) is 20.8. The lowest BCUT2D eigenvalue weighted by molar-refractivity contribution is 1.56. The van der Waals surface area contributed by atoms with Crippen molar-refractivity contribution >= 4 is 10.8 Å². The standard InChI is InChI=1S/C42H24/c1-5-14-33(15-6-1)24-28-37-22-13-23-40-41(31-27-36-20-11-4-12-21-36)39(30-26-35-18-9-3-10-19-35)38(32-42(37)40)29-25-34-16-7-2-8-17-34/h1-23,32H. The minimum absolute atomic E-state index is 0.811. The Bertz CT molecular complexity index is 2110. The van der Waals surface area contributed by atoms with Gasteiger partial charge in [0.2, 0.25) is 0 Å². The van der Waals surface area contributed by atoms with E-state index in [1.165, 1.54) is 0 Å². The Balaban J connectivity index is 1.63. The Morgan fingerprint density at radius 3 is 1.14 bits per heavy atom. The molecule has 6 aromatic carbocycles. The molecule has 0 aliphatic heterocycles. The van der Waals surface area contributed by atoms with Crippen molar-refractivity contribution in [1.82, 2.24) is 0 Å². The molecule has 0 radical (unpaired) electrons. The molecule has 0 aromatic heterocycles. The molecule has 0 nitrogen and oxygen atoms in total. The van der Waals surface area contributed by atoms with Crippen LogP contribution in [0.5, 0.6) is 0 Å². The van der Waals surface area contributed by atoms with Crippen LogP contribution in [-0.2, 0) is 0 Å². The fourth-order valence-electron chi connectivity index (χ4n) is 4.53. The van der Waals surface area contributed by atoms with Crippen LogP contribution in [0.1, 0.15) is 44.5 Å². The van der Waals surface area contributed by atoms with Crippen molar-refractivity contribution in [1.29, 1.82) is 0 Å². The van der Waals surface area contributed by atoms with E-state index < -0.39 is 0 Å². The summed E-state index contributed by atoms with van der Waals surface area (Å²) in [6.07, 6.45) is 0. The highest BCUT2D eigenvalue weighted by Gasteiger charge is 2.12. The monoisotopic (exact) mass is 528 g/mol. The second kappa shape index (κ2) is 12.8. The highest BCUT2D eigenvalue weighted by atomic mass is 14.1. The third-order valence-electron chi connectivity index (χ3n) is 6.63. The number of fused-ring (bicyclic) bond motifs is 1. The number of hydrogen-bond donors (Lipinski definition) is 0. The van der Waals surface area contributed by atoms with Crippen molar-refractivity contribution < 1.29 is 0 Å². The molecule has 0 unspecified atom stereocenters. The first-order valence-corrected chi connectivity index (χ1v) is 13.7. The van der Waals surface area contributed by atoms with Gasteiger partial charge in [0.15, 0.2) is 0 Å². The van der Waals surface area contributed by atoms with E-state index in [9.17, 15) is 0 Å². The van der Waals surface area contributed by atoms with Gasteiger partial charge in [0.1, 0.15) is 0 Å². The average Bonchev–Trinajstić information content (AvgIpc) is 3.06. The van der Waals surface area contributed by atoms with Crippen molar-refractivity contribution in [2.24, 2.45) is 0 Å². The lowest BCUT2D eigenvalue weighted by Gasteiger charge is -2.09. The van der Waals surface area contributed by atoms with Crippen LogP contribution in [0.2, 0.25) is 0 Å². The lowest BCUT2D eigenvalue weighted by atomic mass is 9.91. The quantitative estimate of drug-likeness (QED) is 0.174. The molecule has 0 saturated heterocycles. The van der Waals surface area contributed by atoms with Gasteiger partial charge in [0.05, 0.1) is 5.56 Å². The summed E-state index contributed by atoms with van der Waals surface area (Å²) < 4.78 is 0. The van der Waals surface area contributed by atoms with E-state index in [2.05, 4.69) is 65.6 Å². The lowest BCUT2D eigenvalue weighted by Crippen LogP contribution is -1.95. The van der Waals surface area contributed by atoms with Crippen LogP contribution in [0, 0.1) is 47.4 Å². The fraction of sp³-hybridized carbons (Fsp3) is 0. The number of hydrogen-bond acceptors (Lipinski definition) is 0. The van der Waals surface area contributed by atoms with Gasteiger partial charge >= 0.3 is 0 Å². The molecule has 0 spiro atoms. The normalized spacial score (nSPS) is 9.62. The Labute approximate surface area is 247 Å². The van der Waals surface area contributed by atoms with Crippen LogP contribution >= 0.6 is 0 Å². The molecule has 42 heavy (non-hydrogen) atoms. The number of rotatable bonds is 0. The molecule has 0 atom stereocenters. The third-order valence-corrected chi connectivity index (χ3v) is 6.63. The molecule has 0 amide bonds. The Morgan fingerprint density at radius 2 is 0.667 bits per heavy atom. The molecule has 0 aliphatic rings. The molecule has 192 valence electrons. The van der Waals surface area contributed by atoms with Gasteiger partial charge in [-0.25, -0.2) is 0 Å². The average molecular weight is 529 g/mol. The zero-order valence-corrected chi connectivity index (χ0v) is 22.9. The van der Waals surface area contributed by atoms with Gasteiger partial charge in [0.25, 0.3) is 0 Å². The summed E-state index contributed by atoms with van der Waals surface area (Å²) in [4.78, 5) is 0. The minimum Gasteiger partial charge on any atom is -0.0622 e. The zero-order valence-electron chi connectivity index (χ0n) is 22.9. The Hall–Kier alpha value is -6.18. The van der Waals surface area contributed by atoms with E-state index in [0.717, 1.165) is 55.3 Å². The molecule has 0 bridgehead atoms. The van der Waals surface area contributed by atoms with Crippen LogP contribution in [0.25, 0.3) is 10.8 Å². The van der Waals surface area contributed by atoms with Crippen molar-refractivity contribution in [3.8, 4) is 47.4 Å². The fourth-order valence-corrected chi connectivity index (χ4v) is 4.53. The largest absolute Gasteiger partial charge is 0.0622 e. The maximum atomic E-state index is 3.48. The summed E-state index contributed by atoms with van der Waals surface area (Å²) in [5.41, 5.74) is 7.18. The predicted molar refractivity (Wildman–Crippen MR) is 174 cm³/mol. The van der Waals surface area contributed by atoms with Gasteiger partial charge in [-0.2, -0.15) is 0 Å². The Kier molecular flexibility index (Phi) is 7.93. The molecular weight excluding hydrogens is 504 g/mol. The molecular formula is C42H24. The van der Waals surface area contributed by atoms with Crippen LogP contribution in [0.15, 0.2) is 146 Å². The van der Waals surface area contributed by atoms with Crippen molar-refractivity contribution in [3.63, 3.8) is 0 Å². The van der Waals surface area contributed by atoms with Crippen LogP contribution in [-0.4, -0.2) is 0 Å². The van der Waals surface area contributed by atoms with Gasteiger partial charge in [-0.3, -0.25) is 0 Å². The van der Waals surface area contributed by atoms with E-state index in [0.29, 0.717) is 0 Å². The van der Waals surface area contributed by atoms with Gasteiger partial charge in [-0.05, 0) is 71.4 Å². The van der Waals surface area contributed by atoms with Crippen molar-refractivity contribution in [2.45, 2.75) is 0 Å². The number of benzene rings is 6. The third kappa shape index (κ3) is 6.34. The Morgan fingerprint density at radius 1 is 0.262 bits per heavy atom. The van der Waals surface area contributed by atoms with E-state index in [-0.39, 0.29) is 0 Å². The maximum absolute atomic E-state index is 3.48. The SMILES string of the molecule is C(#Cc1cc2c(C#Cc3ccccc3)cccc2c(C#Cc2ccccc2)c1C#Cc1ccccc1)c1ccccc1. The van der Waals surface area contributed by atoms with Gasteiger partial charge in [0, 0.05) is 38.9 Å². The highest BCUT2D eigenvalue weighted by Crippen LogP contribution is 2.28. The van der Waals surface area contributed by atoms with E-state index >= 15 is 0 Å². The first-order valence-electron chi connectivity index (χ1n) is 13.7. The molecule has 0 N–H and O–H groups in total. The topological polar surface area (TPSA) is 0 Å². The summed E-state index contributed by atoms with van der Waals surface area (Å²) in [5, 5.41) is 2.00. The zero-order chi connectivity index (χ0) is 28.4. The highest BCUT2D eigenvalue weighted by molar-refractivity contribution is 5.96. The van der Waals surface area contributed by atoms with Gasteiger partial charge in [-0.1, -0.05) is 132 Å². The van der Waals surface area contributed by atoms with Crippen molar-refractivity contribution in [2.75, 3.05) is 0 Å². The van der Waals surface area contributed by atoms with Gasteiger partial charge in [-0.15, -0.1) is 0 Å². The molecule has 6 aromatic rings. The summed E-state index contributed by atoms with van der Waals surface area (Å²) in [6.45, 7) is 0. The molecule has 0 saturated carbocycles. The van der Waals surface area contributed by atoms with E-state index in [1.54, 1.807) is 0 Å². The minimum atomic E-state index is 0.811. The smallest absolute Gasteiger partial charge is 0.0568 e. The molecule has 6 rings (SSSR count). The molecule has 0 aliphatic carbocycles. The molecule has 0 fully saturated rings. The maximum Gasteiger partial charge on any atom is 0.0568 e. The van der Waals surface area contributed by atoms with Gasteiger partial charge < -0.3 is 0 Å². The van der Waals surface area contributed by atoms with Crippen LogP contribution in [0.4, 0.5) is 0 Å². The second-order valence-electron chi connectivity index (χ2n) is 9.54. The second-order valence-corrected chi connectivity index (χ2v) is 9.54. The first kappa shape index (κ1) is 26.1. The summed E-state index contributed by atoms with van der Waals surface area (Å²) in [6, 6.07) is 48.4. The van der Waals surface area contributed by atoms with Crippen LogP contribution in [0.3, 0.4) is 0 Å². The summed E-state index contributed by atoms with van der Waals surface area (Å²) in [5.74, 6) is 27.1. The summed E-state index contributed by atoms with van der Waals surface area (Å²) in [7, 11) is 0. The molecule has 0 heteroatoms. The van der Waals surface area contributed by atoms with E-state index in [4.69, 9.17) is 0 Å².